The first kappa shape index (κ1) is 29.4. The van der Waals surface area contributed by atoms with E-state index < -0.39 is 0 Å². The van der Waals surface area contributed by atoms with Gasteiger partial charge in [-0.05, 0) is 61.7 Å². The third-order valence-electron chi connectivity index (χ3n) is 7.24. The number of amidine groups is 1. The lowest BCUT2D eigenvalue weighted by atomic mass is 9.90. The smallest absolute Gasteiger partial charge is 0.232 e. The van der Waals surface area contributed by atoms with E-state index in [1.165, 1.54) is 5.56 Å². The van der Waals surface area contributed by atoms with Crippen LogP contribution in [-0.2, 0) is 11.2 Å². The second-order valence-corrected chi connectivity index (χ2v) is 13.1. The highest BCUT2D eigenvalue weighted by atomic mass is 32.2. The molecule has 0 saturated carbocycles. The number of aryl methyl sites for hydroxylation is 1. The number of nitrogens with two attached hydrogens (primary N) is 1. The lowest BCUT2D eigenvalue weighted by Crippen LogP contribution is -2.79. The predicted octanol–water partition coefficient (Wildman–Crippen LogP) is 5.55. The van der Waals surface area contributed by atoms with Crippen LogP contribution in [0.25, 0.3) is 0 Å². The summed E-state index contributed by atoms with van der Waals surface area (Å²) < 4.78 is 0. The number of nitrogens with one attached hydrogen (secondary N) is 3. The van der Waals surface area contributed by atoms with Crippen molar-refractivity contribution in [2.75, 3.05) is 0 Å². The van der Waals surface area contributed by atoms with E-state index in [-0.39, 0.29) is 23.4 Å². The molecule has 0 spiro atoms. The van der Waals surface area contributed by atoms with Crippen molar-refractivity contribution in [1.82, 2.24) is 15.6 Å². The second kappa shape index (κ2) is 11.9. The van der Waals surface area contributed by atoms with Gasteiger partial charge in [0.1, 0.15) is 11.4 Å². The van der Waals surface area contributed by atoms with Crippen molar-refractivity contribution in [3.05, 3.63) is 94.8 Å². The third-order valence-corrected chi connectivity index (χ3v) is 8.22. The van der Waals surface area contributed by atoms with Crippen LogP contribution < -0.4 is 16.1 Å². The number of hydrogen-bond acceptors (Lipinski definition) is 6. The Balaban J connectivity index is 1.40. The van der Waals surface area contributed by atoms with Gasteiger partial charge in [-0.3, -0.25) is 20.9 Å². The van der Waals surface area contributed by atoms with E-state index in [0.717, 1.165) is 26.9 Å². The Bertz CT molecular complexity index is 1380. The van der Waals surface area contributed by atoms with E-state index in [1.54, 1.807) is 17.8 Å². The predicted molar refractivity (Wildman–Crippen MR) is 165 cm³/mol. The number of rotatable bonds is 9. The molecule has 0 aliphatic carbocycles. The van der Waals surface area contributed by atoms with Crippen LogP contribution in [0.15, 0.2) is 93.7 Å². The molecule has 40 heavy (non-hydrogen) atoms. The van der Waals surface area contributed by atoms with Crippen molar-refractivity contribution in [2.45, 2.75) is 65.4 Å². The number of amides is 1. The average molecular weight is 558 g/mol. The molecule has 210 valence electrons. The van der Waals surface area contributed by atoms with Gasteiger partial charge in [0.25, 0.3) is 0 Å². The van der Waals surface area contributed by atoms with Crippen molar-refractivity contribution in [2.24, 2.45) is 16.4 Å². The fourth-order valence-corrected chi connectivity index (χ4v) is 5.00. The van der Waals surface area contributed by atoms with Crippen LogP contribution in [0.1, 0.15) is 52.7 Å². The van der Waals surface area contributed by atoms with Gasteiger partial charge in [-0.2, -0.15) is 5.10 Å². The quantitative estimate of drug-likeness (QED) is 0.240. The van der Waals surface area contributed by atoms with Crippen LogP contribution in [0.2, 0.25) is 0 Å². The number of quaternary nitrogens is 1. The maximum atomic E-state index is 13.0. The van der Waals surface area contributed by atoms with E-state index in [2.05, 4.69) is 65.9 Å². The van der Waals surface area contributed by atoms with Crippen LogP contribution >= 0.6 is 11.8 Å². The van der Waals surface area contributed by atoms with Crippen LogP contribution in [0.4, 0.5) is 5.69 Å². The van der Waals surface area contributed by atoms with Crippen molar-refractivity contribution in [3.8, 4) is 0 Å². The summed E-state index contributed by atoms with van der Waals surface area (Å²) in [5, 5.41) is 17.9. The van der Waals surface area contributed by atoms with Gasteiger partial charge in [-0.15, -0.1) is 0 Å². The highest BCUT2D eigenvalue weighted by molar-refractivity contribution is 8.03. The molecular weight excluding hydrogens is 516 g/mol. The molecule has 0 saturated heterocycles. The fraction of sp³-hybridized carbons (Fsp3) is 0.344. The molecule has 2 aromatic carbocycles. The molecule has 8 heteroatoms. The number of hydrogen-bond donors (Lipinski definition) is 4. The van der Waals surface area contributed by atoms with Gasteiger partial charge in [0, 0.05) is 33.2 Å². The number of carbonyl (C=O) groups excluding carboxylic acids is 1. The first-order valence-electron chi connectivity index (χ1n) is 13.7. The fourth-order valence-electron chi connectivity index (χ4n) is 4.16. The molecule has 7 nitrogen and oxygen atoms in total. The Morgan fingerprint density at radius 2 is 1.82 bits per heavy atom. The minimum absolute atomic E-state index is 0.115. The van der Waals surface area contributed by atoms with E-state index in [4.69, 9.17) is 5.41 Å². The lowest BCUT2D eigenvalue weighted by molar-refractivity contribution is -0.522. The molecule has 1 amide bonds. The van der Waals surface area contributed by atoms with E-state index >= 15 is 0 Å². The number of benzene rings is 2. The molecule has 1 unspecified atom stereocenters. The highest BCUT2D eigenvalue weighted by Gasteiger charge is 2.40. The Hall–Kier alpha value is -3.62. The topological polar surface area (TPSA) is 97.2 Å². The van der Waals surface area contributed by atoms with Gasteiger partial charge in [0.15, 0.2) is 5.84 Å². The summed E-state index contributed by atoms with van der Waals surface area (Å²) >= 11 is 1.69. The van der Waals surface area contributed by atoms with Gasteiger partial charge in [-0.25, -0.2) is 0 Å². The molecule has 5 N–H and O–H groups in total. The molecule has 0 aromatic heterocycles. The summed E-state index contributed by atoms with van der Waals surface area (Å²) in [5.41, 5.74) is 6.25. The van der Waals surface area contributed by atoms with Gasteiger partial charge in [0.05, 0.1) is 6.42 Å². The Morgan fingerprint density at radius 1 is 1.15 bits per heavy atom. The van der Waals surface area contributed by atoms with Crippen molar-refractivity contribution in [3.63, 3.8) is 0 Å². The Labute approximate surface area is 242 Å². The zero-order valence-electron chi connectivity index (χ0n) is 24.5. The normalized spacial score (nSPS) is 18.7. The van der Waals surface area contributed by atoms with Crippen LogP contribution in [0.3, 0.4) is 0 Å². The van der Waals surface area contributed by atoms with Crippen LogP contribution in [0.5, 0.6) is 0 Å². The molecular formula is C32H41N6OS+. The zero-order chi connectivity index (χ0) is 29.1. The number of allylic oxidation sites excluding steroid dienone is 2. The Morgan fingerprint density at radius 3 is 2.45 bits per heavy atom. The standard InChI is InChI=1S/C32H40N6OS/c1-21(2)32(7)37-36-29-17-16-26(20-38(29)32)40-25-14-10-23(11-15-25)18-30(39)35-28(19-27(33)31(4,5)6)34-24-12-8-22(3)9-13-24/h8-17,19-21,33-34,37H,18H2,1-7H3,(H,35,39)/p+1. The monoisotopic (exact) mass is 557 g/mol. The van der Waals surface area contributed by atoms with Crippen LogP contribution in [0, 0.1) is 23.7 Å². The largest absolute Gasteiger partial charge is 0.306 e. The summed E-state index contributed by atoms with van der Waals surface area (Å²) in [6.07, 6.45) is 8.28. The molecule has 4 rings (SSSR count). The summed E-state index contributed by atoms with van der Waals surface area (Å²) in [6.45, 7) is 14.6. The van der Waals surface area contributed by atoms with Gasteiger partial charge in [0.2, 0.25) is 11.7 Å². The van der Waals surface area contributed by atoms with Crippen molar-refractivity contribution < 1.29 is 10.1 Å². The number of carbonyl (C=O) groups is 1. The molecule has 0 bridgehead atoms. The number of thioether (sulfide) groups is 1. The zero-order valence-corrected chi connectivity index (χ0v) is 25.3. The van der Waals surface area contributed by atoms with Crippen molar-refractivity contribution in [1.29, 1.82) is 5.41 Å². The van der Waals surface area contributed by atoms with Gasteiger partial charge in [-0.1, -0.05) is 76.2 Å². The van der Waals surface area contributed by atoms with E-state index in [1.807, 2.05) is 75.5 Å². The minimum atomic E-state index is -0.319. The van der Waals surface area contributed by atoms with Gasteiger partial charge >= 0.3 is 0 Å². The average Bonchev–Trinajstić information content (AvgIpc) is 3.23. The summed E-state index contributed by atoms with van der Waals surface area (Å²) in [7, 11) is 0. The molecule has 0 fully saturated rings. The lowest BCUT2D eigenvalue weighted by Gasteiger charge is -2.38. The molecule has 1 atom stereocenters. The summed E-state index contributed by atoms with van der Waals surface area (Å²) in [5.74, 6) is 1.80. The number of nitrogens with zero attached hydrogens (tertiary/aromatic N) is 2. The van der Waals surface area contributed by atoms with E-state index in [0.29, 0.717) is 17.5 Å². The Kier molecular flexibility index (Phi) is 8.71. The minimum Gasteiger partial charge on any atom is -0.306 e. The first-order chi connectivity index (χ1) is 18.8. The maximum Gasteiger partial charge on any atom is 0.232 e. The molecule has 2 aliphatic heterocycles. The summed E-state index contributed by atoms with van der Waals surface area (Å²) in [6, 6.07) is 16.2. The number of hydrazone groups is 1. The SMILES string of the molecule is Cc1ccc([NH2+]C(=CC(=N)C(C)(C)C)NC(=O)Cc2ccc(SC3=CN4C(=NNC4(C)C(C)C)C=C3)cc2)cc1. The molecule has 2 heterocycles. The third kappa shape index (κ3) is 7.11. The van der Waals surface area contributed by atoms with Crippen molar-refractivity contribution >= 4 is 34.9 Å². The molecule has 2 aliphatic rings. The number of fused-ring (bicyclic) bond motifs is 1. The maximum absolute atomic E-state index is 13.0. The summed E-state index contributed by atoms with van der Waals surface area (Å²) in [4.78, 5) is 17.5. The highest BCUT2D eigenvalue weighted by Crippen LogP contribution is 2.35. The molecule has 0 radical (unpaired) electrons. The molecule has 2 aromatic rings. The first-order valence-corrected chi connectivity index (χ1v) is 14.5. The van der Waals surface area contributed by atoms with E-state index in [9.17, 15) is 4.79 Å². The van der Waals surface area contributed by atoms with Gasteiger partial charge < -0.3 is 10.3 Å². The second-order valence-electron chi connectivity index (χ2n) is 11.9. The van der Waals surface area contributed by atoms with Crippen LogP contribution in [-0.4, -0.2) is 28.0 Å².